The number of benzene rings is 1. The fraction of sp³-hybridized carbons (Fsp3) is 0.316. The Kier molecular flexibility index (Phi) is 5.75. The lowest BCUT2D eigenvalue weighted by molar-refractivity contribution is -0.126. The van der Waals surface area contributed by atoms with Gasteiger partial charge >= 0.3 is 5.69 Å². The van der Waals surface area contributed by atoms with Crippen LogP contribution in [-0.2, 0) is 29.2 Å². The van der Waals surface area contributed by atoms with Crippen LogP contribution in [0.25, 0.3) is 11.0 Å². The molecule has 0 saturated carbocycles. The molecule has 2 N–H and O–H groups in total. The summed E-state index contributed by atoms with van der Waals surface area (Å²) in [7, 11) is 0. The molecule has 2 amide bonds. The van der Waals surface area contributed by atoms with E-state index in [1.807, 2.05) is 31.2 Å². The molecule has 1 aromatic carbocycles. The third-order valence-electron chi connectivity index (χ3n) is 4.29. The van der Waals surface area contributed by atoms with Crippen LogP contribution in [0, 0.1) is 0 Å². The van der Waals surface area contributed by atoms with E-state index in [1.165, 1.54) is 6.26 Å². The number of carbonyl (C=O) groups excluding carboxylic acids is 2. The molecular formula is C19H22N4O4. The van der Waals surface area contributed by atoms with Gasteiger partial charge in [0.2, 0.25) is 11.8 Å². The number of nitrogens with zero attached hydrogens (tertiary/aromatic N) is 2. The van der Waals surface area contributed by atoms with Crippen molar-refractivity contribution >= 4 is 22.8 Å². The van der Waals surface area contributed by atoms with Gasteiger partial charge in [-0.05, 0) is 31.2 Å². The lowest BCUT2D eigenvalue weighted by Gasteiger charge is -2.07. The van der Waals surface area contributed by atoms with Crippen molar-refractivity contribution in [3.05, 3.63) is 58.9 Å². The number of nitrogens with one attached hydrogen (secondary N) is 2. The first kappa shape index (κ1) is 18.5. The highest BCUT2D eigenvalue weighted by atomic mass is 16.3. The molecule has 0 unspecified atom stereocenters. The number of hydrogen-bond acceptors (Lipinski definition) is 4. The van der Waals surface area contributed by atoms with Crippen molar-refractivity contribution in [3.8, 4) is 0 Å². The van der Waals surface area contributed by atoms with Crippen molar-refractivity contribution in [1.29, 1.82) is 0 Å². The summed E-state index contributed by atoms with van der Waals surface area (Å²) in [6.07, 6.45) is 1.64. The van der Waals surface area contributed by atoms with E-state index < -0.39 is 0 Å². The number of rotatable bonds is 8. The first-order chi connectivity index (χ1) is 13.1. The maximum Gasteiger partial charge on any atom is 0.329 e. The zero-order valence-electron chi connectivity index (χ0n) is 15.1. The Hall–Kier alpha value is -3.29. The third kappa shape index (κ3) is 4.28. The van der Waals surface area contributed by atoms with E-state index in [2.05, 4.69) is 10.6 Å². The predicted octanol–water partition coefficient (Wildman–Crippen LogP) is 1.24. The molecule has 2 aromatic heterocycles. The molecule has 8 nitrogen and oxygen atoms in total. The summed E-state index contributed by atoms with van der Waals surface area (Å²) in [5.41, 5.74) is 1.51. The van der Waals surface area contributed by atoms with Gasteiger partial charge in [-0.2, -0.15) is 0 Å². The Morgan fingerprint density at radius 2 is 1.74 bits per heavy atom. The van der Waals surface area contributed by atoms with E-state index >= 15 is 0 Å². The summed E-state index contributed by atoms with van der Waals surface area (Å²) in [5, 5.41) is 5.22. The molecule has 0 saturated heterocycles. The molecule has 0 aliphatic carbocycles. The summed E-state index contributed by atoms with van der Waals surface area (Å²) in [6, 6.07) is 11.0. The fourth-order valence-electron chi connectivity index (χ4n) is 2.94. The number of carbonyl (C=O) groups is 2. The van der Waals surface area contributed by atoms with E-state index in [1.54, 1.807) is 21.3 Å². The fourth-order valence-corrected chi connectivity index (χ4v) is 2.94. The van der Waals surface area contributed by atoms with Crippen molar-refractivity contribution in [1.82, 2.24) is 19.8 Å². The number of imidazole rings is 1. The zero-order valence-corrected chi connectivity index (χ0v) is 15.1. The largest absolute Gasteiger partial charge is 0.467 e. The topological polar surface area (TPSA) is 98.3 Å². The van der Waals surface area contributed by atoms with Crippen LogP contribution < -0.4 is 16.3 Å². The van der Waals surface area contributed by atoms with Gasteiger partial charge in [0.1, 0.15) is 5.76 Å². The molecular weight excluding hydrogens is 348 g/mol. The van der Waals surface area contributed by atoms with E-state index in [9.17, 15) is 14.4 Å². The predicted molar refractivity (Wildman–Crippen MR) is 100 cm³/mol. The number of hydrogen-bond donors (Lipinski definition) is 2. The Morgan fingerprint density at radius 3 is 2.41 bits per heavy atom. The minimum absolute atomic E-state index is 0.114. The van der Waals surface area contributed by atoms with Gasteiger partial charge in [-0.3, -0.25) is 18.7 Å². The number of furan rings is 1. The molecule has 0 aliphatic rings. The van der Waals surface area contributed by atoms with Crippen molar-refractivity contribution in [2.24, 2.45) is 0 Å². The van der Waals surface area contributed by atoms with Gasteiger partial charge in [0, 0.05) is 19.5 Å². The van der Waals surface area contributed by atoms with Gasteiger partial charge in [0.25, 0.3) is 0 Å². The summed E-state index contributed by atoms with van der Waals surface area (Å²) in [6.45, 7) is 2.88. The second-order valence-corrected chi connectivity index (χ2v) is 6.05. The van der Waals surface area contributed by atoms with E-state index in [0.29, 0.717) is 12.3 Å². The van der Waals surface area contributed by atoms with Crippen LogP contribution in [0.4, 0.5) is 0 Å². The molecule has 142 valence electrons. The molecule has 27 heavy (non-hydrogen) atoms. The van der Waals surface area contributed by atoms with Crippen LogP contribution in [0.15, 0.2) is 51.9 Å². The second-order valence-electron chi connectivity index (χ2n) is 6.05. The Morgan fingerprint density at radius 1 is 1.00 bits per heavy atom. The highest BCUT2D eigenvalue weighted by molar-refractivity contribution is 5.84. The van der Waals surface area contributed by atoms with Crippen LogP contribution >= 0.6 is 0 Å². The highest BCUT2D eigenvalue weighted by Crippen LogP contribution is 2.12. The van der Waals surface area contributed by atoms with Crippen molar-refractivity contribution in [3.63, 3.8) is 0 Å². The molecule has 0 aliphatic heterocycles. The average Bonchev–Trinajstić information content (AvgIpc) is 3.28. The maximum atomic E-state index is 12.5. The van der Waals surface area contributed by atoms with Crippen LogP contribution in [0.5, 0.6) is 0 Å². The van der Waals surface area contributed by atoms with E-state index in [0.717, 1.165) is 11.0 Å². The zero-order chi connectivity index (χ0) is 19.2. The van der Waals surface area contributed by atoms with Gasteiger partial charge in [-0.15, -0.1) is 0 Å². The molecule has 2 heterocycles. The van der Waals surface area contributed by atoms with Crippen LogP contribution in [-0.4, -0.2) is 27.5 Å². The number of aryl methyl sites for hydroxylation is 2. The monoisotopic (exact) mass is 370 g/mol. The quantitative estimate of drug-likeness (QED) is 0.623. The first-order valence-corrected chi connectivity index (χ1v) is 8.84. The summed E-state index contributed by atoms with van der Waals surface area (Å²) in [4.78, 5) is 36.3. The molecule has 0 fully saturated rings. The number of fused-ring (bicyclic) bond motifs is 1. The van der Waals surface area contributed by atoms with Crippen LogP contribution in [0.3, 0.4) is 0 Å². The summed E-state index contributed by atoms with van der Waals surface area (Å²) < 4.78 is 8.39. The van der Waals surface area contributed by atoms with Gasteiger partial charge in [0.05, 0.1) is 30.4 Å². The molecule has 0 atom stereocenters. The second kappa shape index (κ2) is 8.39. The van der Waals surface area contributed by atoms with Crippen LogP contribution in [0.2, 0.25) is 0 Å². The molecule has 3 rings (SSSR count). The lowest BCUT2D eigenvalue weighted by atomic mass is 10.3. The van der Waals surface area contributed by atoms with Crippen molar-refractivity contribution in [2.45, 2.75) is 33.0 Å². The average molecular weight is 370 g/mol. The van der Waals surface area contributed by atoms with Crippen molar-refractivity contribution < 1.29 is 14.0 Å². The Bertz CT molecular complexity index is 985. The normalized spacial score (nSPS) is 10.9. The first-order valence-electron chi connectivity index (χ1n) is 8.84. The highest BCUT2D eigenvalue weighted by Gasteiger charge is 2.13. The van der Waals surface area contributed by atoms with Gasteiger partial charge in [-0.25, -0.2) is 4.79 Å². The molecule has 8 heteroatoms. The van der Waals surface area contributed by atoms with Gasteiger partial charge < -0.3 is 15.1 Å². The number of para-hydroxylation sites is 2. The Labute approximate surface area is 155 Å². The Balaban J connectivity index is 1.52. The molecule has 0 bridgehead atoms. The van der Waals surface area contributed by atoms with Crippen molar-refractivity contribution in [2.75, 3.05) is 6.54 Å². The molecule has 0 radical (unpaired) electrons. The SMILES string of the molecule is CCn1c(=O)n(CCC(=O)NCC(=O)NCc2ccco2)c2ccccc21. The minimum atomic E-state index is -0.306. The van der Waals surface area contributed by atoms with Crippen LogP contribution in [0.1, 0.15) is 19.1 Å². The minimum Gasteiger partial charge on any atom is -0.467 e. The smallest absolute Gasteiger partial charge is 0.329 e. The van der Waals surface area contributed by atoms with Gasteiger partial charge in [-0.1, -0.05) is 12.1 Å². The summed E-state index contributed by atoms with van der Waals surface area (Å²) in [5.74, 6) is 0.0456. The molecule has 0 spiro atoms. The lowest BCUT2D eigenvalue weighted by Crippen LogP contribution is -2.37. The van der Waals surface area contributed by atoms with E-state index in [-0.39, 0.29) is 43.6 Å². The summed E-state index contributed by atoms with van der Waals surface area (Å²) >= 11 is 0. The van der Waals surface area contributed by atoms with E-state index in [4.69, 9.17) is 4.42 Å². The standard InChI is InChI=1S/C19H22N4O4/c1-2-22-15-7-3-4-8-16(15)23(19(22)26)10-9-17(24)21-13-18(25)20-12-14-6-5-11-27-14/h3-8,11H,2,9-10,12-13H2,1H3,(H,20,25)(H,21,24). The maximum absolute atomic E-state index is 12.5. The molecule has 3 aromatic rings. The van der Waals surface area contributed by atoms with Gasteiger partial charge in [0.15, 0.2) is 0 Å². The third-order valence-corrected chi connectivity index (χ3v) is 4.29. The number of amides is 2. The number of aromatic nitrogens is 2.